The van der Waals surface area contributed by atoms with E-state index >= 15 is 0 Å². The molecule has 4 aromatic heterocycles. The summed E-state index contributed by atoms with van der Waals surface area (Å²) in [4.78, 5) is 82.3. The quantitative estimate of drug-likeness (QED) is 0.0421. The highest BCUT2D eigenvalue weighted by Crippen LogP contribution is 2.34. The average Bonchev–Trinajstić information content (AvgIpc) is 0.818. The normalized spacial score (nSPS) is 11.4. The zero-order chi connectivity index (χ0) is 86.0. The second kappa shape index (κ2) is 43.6. The third kappa shape index (κ3) is 25.5. The van der Waals surface area contributed by atoms with Crippen molar-refractivity contribution in [3.63, 3.8) is 0 Å². The number of nitrogens with zero attached hydrogens (tertiary/aromatic N) is 9. The van der Waals surface area contributed by atoms with Crippen molar-refractivity contribution in [1.29, 1.82) is 21.0 Å². The summed E-state index contributed by atoms with van der Waals surface area (Å²) in [7, 11) is 3.20. The number of rotatable bonds is 22. The number of aliphatic hydroxyl groups is 1. The molecule has 119 heavy (non-hydrogen) atoms. The molecule has 4 heterocycles. The summed E-state index contributed by atoms with van der Waals surface area (Å²) in [5.41, 5.74) is 10.1. The lowest BCUT2D eigenvalue weighted by Gasteiger charge is -2.20. The van der Waals surface area contributed by atoms with Crippen molar-refractivity contribution in [2.75, 3.05) is 33.9 Å². The summed E-state index contributed by atoms with van der Waals surface area (Å²) < 4.78 is 24.6. The van der Waals surface area contributed by atoms with Gasteiger partial charge in [0.05, 0.1) is 112 Å². The van der Waals surface area contributed by atoms with E-state index in [0.29, 0.717) is 79.5 Å². The first-order valence-electron chi connectivity index (χ1n) is 35.6. The van der Waals surface area contributed by atoms with Gasteiger partial charge in [0, 0.05) is 71.2 Å². The molecule has 0 bridgehead atoms. The van der Waals surface area contributed by atoms with Gasteiger partial charge in [0.25, 0.3) is 29.5 Å². The second-order valence-corrected chi connectivity index (χ2v) is 29.5. The third-order valence-corrected chi connectivity index (χ3v) is 19.9. The molecule has 5 N–H and O–H groups in total. The molecular formula is C89H68Cl8FN13O8. The van der Waals surface area contributed by atoms with Crippen molar-refractivity contribution in [3.05, 3.63) is 383 Å². The Morgan fingerprint density at radius 3 is 1.13 bits per heavy atom. The Labute approximate surface area is 725 Å². The Balaban J connectivity index is 0.000000181. The maximum absolute atomic E-state index is 13.9. The number of halogens is 9. The largest absolute Gasteiger partial charge is 0.490 e. The SMILES string of the molecule is CN(C)C(=O)COc1ccc(C(=O)N[C@@H](c2ccc(Cl)c(Cl)c2)c2ccc(Cl)cn2)cc1C#N.Cc1ccnc(C(NC(=O)c2ccc(C#N)c(C)c2)c2ccc(Cl)cc2)c1.Cc1ccnc(C(NC(=O)c2ccc(C#N)c(F)c2)c2ccc(Cl)cc2)c1.N#Cc1cc(C(=O)N[C@@H](c2ccc(Cl)c(Cl)c2)c2ccc(Cl)cn2)ccc1OCCO. The van der Waals surface area contributed by atoms with Crippen LogP contribution in [0.1, 0.15) is 150 Å². The number of nitriles is 4. The van der Waals surface area contributed by atoms with Crippen molar-refractivity contribution >= 4 is 122 Å². The lowest BCUT2D eigenvalue weighted by Crippen LogP contribution is -2.30. The minimum absolute atomic E-state index is 0.0435. The molecule has 12 aromatic rings. The number of nitrogens with one attached hydrogen (secondary N) is 4. The van der Waals surface area contributed by atoms with Gasteiger partial charge in [-0.3, -0.25) is 43.9 Å². The monoisotopic (exact) mass is 1750 g/mol. The van der Waals surface area contributed by atoms with Gasteiger partial charge >= 0.3 is 0 Å². The van der Waals surface area contributed by atoms with Crippen molar-refractivity contribution in [2.24, 2.45) is 0 Å². The van der Waals surface area contributed by atoms with Crippen molar-refractivity contribution < 1.29 is 42.9 Å². The molecule has 2 unspecified atom stereocenters. The topological polar surface area (TPSA) is 322 Å². The zero-order valence-electron chi connectivity index (χ0n) is 63.6. The molecule has 30 heteroatoms. The summed E-state index contributed by atoms with van der Waals surface area (Å²) in [6.45, 7) is 5.36. The Hall–Kier alpha value is -12.5. The highest BCUT2D eigenvalue weighted by Gasteiger charge is 2.27. The Bertz CT molecular complexity index is 5700. The minimum Gasteiger partial charge on any atom is -0.490 e. The van der Waals surface area contributed by atoms with Gasteiger partial charge in [0.1, 0.15) is 42.1 Å². The fourth-order valence-corrected chi connectivity index (χ4v) is 12.4. The maximum Gasteiger partial charge on any atom is 0.259 e. The highest BCUT2D eigenvalue weighted by atomic mass is 35.5. The Kier molecular flexibility index (Phi) is 33.1. The van der Waals surface area contributed by atoms with Gasteiger partial charge in [-0.05, 0) is 230 Å². The average molecular weight is 1750 g/mol. The van der Waals surface area contributed by atoms with Gasteiger partial charge in [-0.15, -0.1) is 0 Å². The number of amides is 5. The van der Waals surface area contributed by atoms with Gasteiger partial charge in [-0.2, -0.15) is 21.0 Å². The summed E-state index contributed by atoms with van der Waals surface area (Å²) in [6.07, 6.45) is 6.35. The molecule has 600 valence electrons. The molecule has 21 nitrogen and oxygen atoms in total. The number of ether oxygens (including phenoxy) is 2. The molecule has 0 spiro atoms. The molecule has 0 aliphatic carbocycles. The Morgan fingerprint density at radius 2 is 0.773 bits per heavy atom. The molecule has 0 fully saturated rings. The van der Waals surface area contributed by atoms with Crippen LogP contribution in [0, 0.1) is 71.9 Å². The van der Waals surface area contributed by atoms with E-state index in [4.69, 9.17) is 118 Å². The van der Waals surface area contributed by atoms with Crippen LogP contribution in [-0.2, 0) is 4.79 Å². The predicted molar refractivity (Wildman–Crippen MR) is 456 cm³/mol. The van der Waals surface area contributed by atoms with Gasteiger partial charge in [0.15, 0.2) is 6.61 Å². The van der Waals surface area contributed by atoms with E-state index in [9.17, 15) is 38.9 Å². The molecular weight excluding hydrogens is 1680 g/mol. The van der Waals surface area contributed by atoms with E-state index < -0.39 is 47.7 Å². The highest BCUT2D eigenvalue weighted by molar-refractivity contribution is 6.42. The first-order valence-corrected chi connectivity index (χ1v) is 38.7. The lowest BCUT2D eigenvalue weighted by molar-refractivity contribution is -0.130. The number of aryl methyl sites for hydroxylation is 3. The molecule has 0 saturated carbocycles. The van der Waals surface area contributed by atoms with Crippen molar-refractivity contribution in [2.45, 2.75) is 44.9 Å². The molecule has 5 amide bonds. The number of carbonyl (C=O) groups is 5. The fourth-order valence-electron chi connectivity index (χ4n) is 11.3. The first kappa shape index (κ1) is 90.4. The summed E-state index contributed by atoms with van der Waals surface area (Å²) in [6, 6.07) is 61.9. The van der Waals surface area contributed by atoms with Crippen LogP contribution in [0.15, 0.2) is 231 Å². The predicted octanol–water partition coefficient (Wildman–Crippen LogP) is 19.0. The van der Waals surface area contributed by atoms with Crippen LogP contribution in [0.25, 0.3) is 0 Å². The number of hydrogen-bond donors (Lipinski definition) is 5. The molecule has 0 radical (unpaired) electrons. The zero-order valence-corrected chi connectivity index (χ0v) is 69.6. The van der Waals surface area contributed by atoms with Crippen LogP contribution in [0.3, 0.4) is 0 Å². The smallest absolute Gasteiger partial charge is 0.259 e. The number of aliphatic hydroxyl groups excluding tert-OH is 1. The van der Waals surface area contributed by atoms with Crippen LogP contribution < -0.4 is 30.7 Å². The number of carbonyl (C=O) groups excluding carboxylic acids is 5. The van der Waals surface area contributed by atoms with E-state index in [-0.39, 0.29) is 76.5 Å². The van der Waals surface area contributed by atoms with Gasteiger partial charge < -0.3 is 40.7 Å². The molecule has 0 aliphatic rings. The van der Waals surface area contributed by atoms with Crippen LogP contribution in [-0.4, -0.2) is 93.4 Å². The standard InChI is InChI=1S/C24H19Cl3N4O3.C22H16Cl3N3O3.C22H18ClN3O.C21H15ClFN3O/c1-31(2)22(32)13-34-21-8-4-15(9-16(21)11-28)24(33)30-23(20-7-5-17(25)12-29-20)14-3-6-18(26)19(27)10-14;23-16-3-5-19(27-12-16)21(13-1-4-17(24)18(25)10-13)28-22(30)14-2-6-20(31-8-7-29)15(9-14)11-26;1-14-9-10-25-20(11-14)21(16-5-7-19(23)8-6-16)26-22(27)17-3-4-18(13-24)15(2)12-17;1-13-8-9-25-19(10-13)20(14-4-6-17(22)7-5-14)26-21(27)15-2-3-16(12-24)18(23)11-15/h3-10,12,23H,13H2,1-2H3,(H,30,33);1-6,9-10,12,21,29H,7-8H2,(H,28,30);3-12,21H,1-2H3,(H,26,27);2-11,20H,1H3,(H,26,27)/t23-;21-;;/m00../s1. The number of hydrogen-bond acceptors (Lipinski definition) is 16. The fraction of sp³-hybridized carbons (Fsp3) is 0.135. The molecule has 8 aromatic carbocycles. The van der Waals surface area contributed by atoms with Crippen molar-refractivity contribution in [1.82, 2.24) is 46.1 Å². The second-order valence-electron chi connectivity index (χ2n) is 26.1. The molecule has 0 aliphatic heterocycles. The number of aromatic nitrogens is 4. The van der Waals surface area contributed by atoms with Crippen molar-refractivity contribution in [3.8, 4) is 35.8 Å². The summed E-state index contributed by atoms with van der Waals surface area (Å²) in [5, 5.41) is 61.0. The number of benzene rings is 8. The molecule has 12 rings (SSSR count). The number of likely N-dealkylation sites (N-methyl/N-ethyl adjacent to an activating group) is 1. The van der Waals surface area contributed by atoms with E-state index in [2.05, 4.69) is 47.3 Å². The first-order chi connectivity index (χ1) is 57.1. The summed E-state index contributed by atoms with van der Waals surface area (Å²) >= 11 is 48.3. The van der Waals surface area contributed by atoms with Crippen LogP contribution in [0.2, 0.25) is 40.2 Å². The summed E-state index contributed by atoms with van der Waals surface area (Å²) in [5.74, 6) is -2.10. The van der Waals surface area contributed by atoms with E-state index in [1.807, 2.05) is 69.3 Å². The Morgan fingerprint density at radius 1 is 0.403 bits per heavy atom. The molecule has 4 atom stereocenters. The van der Waals surface area contributed by atoms with Gasteiger partial charge in [-0.25, -0.2) is 4.39 Å². The van der Waals surface area contributed by atoms with Gasteiger partial charge in [0.2, 0.25) is 0 Å². The number of pyridine rings is 4. The maximum atomic E-state index is 13.9. The van der Waals surface area contributed by atoms with Crippen LogP contribution in [0.5, 0.6) is 11.5 Å². The van der Waals surface area contributed by atoms with Gasteiger partial charge in [-0.1, -0.05) is 129 Å². The van der Waals surface area contributed by atoms with Crippen LogP contribution in [0.4, 0.5) is 4.39 Å². The van der Waals surface area contributed by atoms with E-state index in [1.165, 1.54) is 65.8 Å². The van der Waals surface area contributed by atoms with Crippen LogP contribution >= 0.6 is 92.8 Å². The molecule has 0 saturated heterocycles. The third-order valence-electron chi connectivity index (χ3n) is 17.5. The van der Waals surface area contributed by atoms with E-state index in [0.717, 1.165) is 39.6 Å². The van der Waals surface area contributed by atoms with E-state index in [1.54, 1.807) is 148 Å². The lowest BCUT2D eigenvalue weighted by atomic mass is 10.0. The minimum atomic E-state index is -0.734.